The van der Waals surface area contributed by atoms with Gasteiger partial charge in [0.25, 0.3) is 5.91 Å². The molecule has 2 N–H and O–H groups in total. The fourth-order valence-corrected chi connectivity index (χ4v) is 4.90. The molecule has 0 aliphatic rings. The van der Waals surface area contributed by atoms with Crippen LogP contribution in [0.15, 0.2) is 109 Å². The minimum Gasteiger partial charge on any atom is -0.478 e. The van der Waals surface area contributed by atoms with Crippen molar-refractivity contribution >= 4 is 33.6 Å². The largest absolute Gasteiger partial charge is 0.478 e. The summed E-state index contributed by atoms with van der Waals surface area (Å²) in [7, 11) is 0. The van der Waals surface area contributed by atoms with E-state index in [0.717, 1.165) is 38.4 Å². The van der Waals surface area contributed by atoms with Gasteiger partial charge in [-0.3, -0.25) is 9.48 Å². The van der Waals surface area contributed by atoms with Gasteiger partial charge in [-0.25, -0.2) is 9.18 Å². The zero-order valence-corrected chi connectivity index (χ0v) is 21.3. The maximum atomic E-state index is 13.8. The number of carbonyl (C=O) groups is 2. The van der Waals surface area contributed by atoms with Crippen LogP contribution in [0.3, 0.4) is 0 Å². The van der Waals surface area contributed by atoms with Crippen LogP contribution in [-0.4, -0.2) is 26.8 Å². The average molecular weight is 530 g/mol. The lowest BCUT2D eigenvalue weighted by molar-refractivity contribution is 0.0696. The van der Waals surface area contributed by atoms with Crippen LogP contribution in [0.2, 0.25) is 0 Å². The number of aromatic carboxylic acids is 1. The van der Waals surface area contributed by atoms with Crippen LogP contribution in [-0.2, 0) is 13.1 Å². The van der Waals surface area contributed by atoms with Gasteiger partial charge in [0.15, 0.2) is 0 Å². The maximum Gasteiger partial charge on any atom is 0.335 e. The molecule has 6 aromatic rings. The number of halogens is 1. The van der Waals surface area contributed by atoms with Crippen molar-refractivity contribution in [2.45, 2.75) is 13.1 Å². The van der Waals surface area contributed by atoms with E-state index in [9.17, 15) is 14.0 Å². The second-order valence-corrected chi connectivity index (χ2v) is 9.64. The fourth-order valence-electron chi connectivity index (χ4n) is 4.90. The highest BCUT2D eigenvalue weighted by molar-refractivity contribution is 6.07. The first kappa shape index (κ1) is 25.0. The van der Waals surface area contributed by atoms with Gasteiger partial charge in [0, 0.05) is 11.9 Å². The van der Waals surface area contributed by atoms with Crippen molar-refractivity contribution in [2.75, 3.05) is 0 Å². The summed E-state index contributed by atoms with van der Waals surface area (Å²) in [5.74, 6) is -1.56. The number of hydrogen-bond acceptors (Lipinski definition) is 3. The van der Waals surface area contributed by atoms with E-state index in [1.807, 2.05) is 60.7 Å². The fraction of sp³-hybridized carbons (Fsp3) is 0.0606. The van der Waals surface area contributed by atoms with Crippen LogP contribution in [0.4, 0.5) is 4.39 Å². The van der Waals surface area contributed by atoms with Crippen LogP contribution < -0.4 is 5.32 Å². The Labute approximate surface area is 229 Å². The van der Waals surface area contributed by atoms with Gasteiger partial charge in [0.05, 0.1) is 29.4 Å². The Kier molecular flexibility index (Phi) is 6.54. The smallest absolute Gasteiger partial charge is 0.335 e. The van der Waals surface area contributed by atoms with Crippen molar-refractivity contribution in [1.82, 2.24) is 15.1 Å². The van der Waals surface area contributed by atoms with Gasteiger partial charge in [0.2, 0.25) is 0 Å². The van der Waals surface area contributed by atoms with E-state index in [1.54, 1.807) is 29.1 Å². The Bertz CT molecular complexity index is 1880. The van der Waals surface area contributed by atoms with Crippen LogP contribution in [0, 0.1) is 5.82 Å². The van der Waals surface area contributed by atoms with E-state index in [1.165, 1.54) is 24.3 Å². The third-order valence-corrected chi connectivity index (χ3v) is 6.94. The van der Waals surface area contributed by atoms with E-state index in [2.05, 4.69) is 10.4 Å². The summed E-state index contributed by atoms with van der Waals surface area (Å²) in [5.41, 5.74) is 4.94. The Balaban J connectivity index is 1.37. The molecule has 6 rings (SSSR count). The molecule has 1 aromatic heterocycles. The normalized spacial score (nSPS) is 11.1. The topological polar surface area (TPSA) is 84.2 Å². The molecule has 1 heterocycles. The van der Waals surface area contributed by atoms with E-state index in [-0.39, 0.29) is 23.8 Å². The zero-order valence-electron chi connectivity index (χ0n) is 21.3. The molecule has 0 bridgehead atoms. The highest BCUT2D eigenvalue weighted by atomic mass is 19.1. The van der Waals surface area contributed by atoms with Crippen molar-refractivity contribution in [1.29, 1.82) is 0 Å². The summed E-state index contributed by atoms with van der Waals surface area (Å²) >= 11 is 0. The van der Waals surface area contributed by atoms with Gasteiger partial charge in [-0.05, 0) is 75.5 Å². The number of carboxylic acids is 1. The lowest BCUT2D eigenvalue weighted by Crippen LogP contribution is -2.24. The molecule has 6 nitrogen and oxygen atoms in total. The van der Waals surface area contributed by atoms with Crippen molar-refractivity contribution in [3.8, 4) is 11.1 Å². The first-order valence-electron chi connectivity index (χ1n) is 12.8. The van der Waals surface area contributed by atoms with E-state index < -0.39 is 5.97 Å². The van der Waals surface area contributed by atoms with Crippen molar-refractivity contribution in [3.63, 3.8) is 0 Å². The summed E-state index contributed by atoms with van der Waals surface area (Å²) in [5, 5.41) is 19.3. The van der Waals surface area contributed by atoms with Crippen LogP contribution in [0.1, 0.15) is 31.8 Å². The zero-order chi connectivity index (χ0) is 27.6. The lowest BCUT2D eigenvalue weighted by atomic mass is 9.99. The monoisotopic (exact) mass is 529 g/mol. The van der Waals surface area contributed by atoms with Crippen LogP contribution >= 0.6 is 0 Å². The number of hydrogen-bond donors (Lipinski definition) is 2. The number of nitrogens with zero attached hydrogens (tertiary/aromatic N) is 2. The van der Waals surface area contributed by atoms with Crippen LogP contribution in [0.25, 0.3) is 32.8 Å². The summed E-state index contributed by atoms with van der Waals surface area (Å²) in [6, 6.07) is 30.7. The number of carboxylic acid groups (broad SMARTS) is 1. The van der Waals surface area contributed by atoms with E-state index >= 15 is 0 Å². The molecule has 40 heavy (non-hydrogen) atoms. The van der Waals surface area contributed by atoms with Gasteiger partial charge in [-0.2, -0.15) is 5.10 Å². The molecule has 5 aromatic carbocycles. The number of benzene rings is 5. The Hall–Kier alpha value is -5.30. The lowest BCUT2D eigenvalue weighted by Gasteiger charge is -2.12. The molecule has 0 saturated heterocycles. The van der Waals surface area contributed by atoms with Crippen LogP contribution in [0.5, 0.6) is 0 Å². The predicted molar refractivity (Wildman–Crippen MR) is 153 cm³/mol. The first-order chi connectivity index (χ1) is 19.4. The number of fused-ring (bicyclic) bond motifs is 2. The molecule has 0 fully saturated rings. The highest BCUT2D eigenvalue weighted by Gasteiger charge is 2.18. The second-order valence-electron chi connectivity index (χ2n) is 9.64. The molecule has 0 spiro atoms. The van der Waals surface area contributed by atoms with E-state index in [0.29, 0.717) is 17.6 Å². The summed E-state index contributed by atoms with van der Waals surface area (Å²) < 4.78 is 15.6. The number of carbonyl (C=O) groups excluding carboxylic acids is 1. The van der Waals surface area contributed by atoms with Gasteiger partial charge >= 0.3 is 5.97 Å². The Morgan fingerprint density at radius 2 is 1.52 bits per heavy atom. The number of aromatic nitrogens is 2. The van der Waals surface area contributed by atoms with Gasteiger partial charge in [-0.15, -0.1) is 0 Å². The highest BCUT2D eigenvalue weighted by Crippen LogP contribution is 2.29. The summed E-state index contributed by atoms with van der Waals surface area (Å²) in [4.78, 5) is 24.8. The molecule has 0 saturated carbocycles. The molecular weight excluding hydrogens is 505 g/mol. The molecular formula is C33H24FN3O3. The van der Waals surface area contributed by atoms with Crippen molar-refractivity contribution in [2.24, 2.45) is 0 Å². The maximum absolute atomic E-state index is 13.8. The minimum atomic E-state index is -1.000. The third kappa shape index (κ3) is 5.05. The second kappa shape index (κ2) is 10.5. The average Bonchev–Trinajstić information content (AvgIpc) is 3.38. The summed E-state index contributed by atoms with van der Waals surface area (Å²) in [6.07, 6.45) is 1.75. The van der Waals surface area contributed by atoms with Gasteiger partial charge < -0.3 is 10.4 Å². The predicted octanol–water partition coefficient (Wildman–Crippen LogP) is 6.67. The van der Waals surface area contributed by atoms with Gasteiger partial charge in [-0.1, -0.05) is 60.7 Å². The molecule has 0 unspecified atom stereocenters. The van der Waals surface area contributed by atoms with Crippen molar-refractivity contribution in [3.05, 3.63) is 137 Å². The number of rotatable bonds is 7. The molecule has 1 amide bonds. The van der Waals surface area contributed by atoms with E-state index in [4.69, 9.17) is 5.11 Å². The Morgan fingerprint density at radius 3 is 2.30 bits per heavy atom. The number of nitrogens with one attached hydrogen (secondary N) is 1. The molecule has 0 radical (unpaired) electrons. The third-order valence-electron chi connectivity index (χ3n) is 6.94. The summed E-state index contributed by atoms with van der Waals surface area (Å²) in [6.45, 7) is 0.637. The molecule has 0 aliphatic heterocycles. The number of amides is 1. The molecule has 196 valence electrons. The molecule has 0 aliphatic carbocycles. The van der Waals surface area contributed by atoms with Crippen molar-refractivity contribution < 1.29 is 19.1 Å². The molecule has 0 atom stereocenters. The Morgan fingerprint density at radius 1 is 0.775 bits per heavy atom. The SMILES string of the molecule is O=C(O)c1ccc(CNC(=O)c2cc(-c3ccccc3)cc3cnn(Cc4ccc5ccc(F)cc5c4)c23)cc1. The first-order valence-corrected chi connectivity index (χ1v) is 12.8. The minimum absolute atomic E-state index is 0.188. The van der Waals surface area contributed by atoms with Gasteiger partial charge in [0.1, 0.15) is 5.82 Å². The quantitative estimate of drug-likeness (QED) is 0.242. The molecule has 7 heteroatoms. The standard InChI is InChI=1S/C33H24FN3O3/c34-29-13-12-24-9-8-22(14-26(24)16-29)20-37-31-28(19-36-37)15-27(23-4-2-1-3-5-23)17-30(31)32(38)35-18-21-6-10-25(11-7-21)33(39)40/h1-17,19H,18,20H2,(H,35,38)(H,39,40).